The molecule has 3 rings (SSSR count). The number of hydrogen-bond acceptors (Lipinski definition) is 3. The van der Waals surface area contributed by atoms with Gasteiger partial charge in [0, 0.05) is 25.9 Å². The van der Waals surface area contributed by atoms with Crippen molar-refractivity contribution in [2.75, 3.05) is 20.1 Å². The minimum absolute atomic E-state index is 0.0747. The van der Waals surface area contributed by atoms with E-state index in [1.165, 1.54) is 6.07 Å². The fraction of sp³-hybridized carbons (Fsp3) is 0.533. The maximum absolute atomic E-state index is 12.8. The van der Waals surface area contributed by atoms with E-state index in [-0.39, 0.29) is 23.5 Å². The lowest BCUT2D eigenvalue weighted by Crippen LogP contribution is -2.50. The van der Waals surface area contributed by atoms with Crippen LogP contribution in [0.2, 0.25) is 0 Å². The number of ketones is 1. The Morgan fingerprint density at radius 2 is 1.90 bits per heavy atom. The van der Waals surface area contributed by atoms with Crippen LogP contribution in [0.4, 0.5) is 13.2 Å². The molecule has 0 aliphatic carbocycles. The lowest BCUT2D eigenvalue weighted by atomic mass is 9.82. The molecule has 0 saturated carbocycles. The summed E-state index contributed by atoms with van der Waals surface area (Å²) in [5, 5.41) is 0. The molecule has 1 aromatic rings. The second-order valence-corrected chi connectivity index (χ2v) is 5.90. The van der Waals surface area contributed by atoms with E-state index in [2.05, 4.69) is 4.90 Å². The van der Waals surface area contributed by atoms with E-state index in [4.69, 9.17) is 4.74 Å². The summed E-state index contributed by atoms with van der Waals surface area (Å²) < 4.78 is 44.2. The Kier molecular flexibility index (Phi) is 3.24. The third-order valence-electron chi connectivity index (χ3n) is 4.32. The van der Waals surface area contributed by atoms with Gasteiger partial charge < -0.3 is 9.64 Å². The number of ether oxygens (including phenoxy) is 1. The van der Waals surface area contributed by atoms with Gasteiger partial charge >= 0.3 is 6.18 Å². The number of hydrogen-bond donors (Lipinski definition) is 0. The van der Waals surface area contributed by atoms with Crippen LogP contribution in [0, 0.1) is 0 Å². The minimum atomic E-state index is -4.43. The van der Waals surface area contributed by atoms with E-state index in [1.807, 2.05) is 7.05 Å². The molecule has 114 valence electrons. The van der Waals surface area contributed by atoms with E-state index in [0.29, 0.717) is 12.8 Å². The predicted octanol–water partition coefficient (Wildman–Crippen LogP) is 3.14. The van der Waals surface area contributed by atoms with Gasteiger partial charge in [0.15, 0.2) is 5.78 Å². The van der Waals surface area contributed by atoms with Crippen LogP contribution >= 0.6 is 0 Å². The second kappa shape index (κ2) is 4.73. The number of piperidine rings is 1. The maximum Gasteiger partial charge on any atom is 0.416 e. The monoisotopic (exact) mass is 299 g/mol. The first-order valence-corrected chi connectivity index (χ1v) is 6.91. The molecule has 6 heteroatoms. The Labute approximate surface area is 120 Å². The zero-order chi connectivity index (χ0) is 15.3. The van der Waals surface area contributed by atoms with Crippen molar-refractivity contribution < 1.29 is 22.7 Å². The van der Waals surface area contributed by atoms with Crippen LogP contribution in [-0.4, -0.2) is 36.4 Å². The summed E-state index contributed by atoms with van der Waals surface area (Å²) in [6.07, 6.45) is -2.87. The molecule has 1 saturated heterocycles. The maximum atomic E-state index is 12.8. The summed E-state index contributed by atoms with van der Waals surface area (Å²) in [6, 6.07) is 3.11. The number of nitrogens with zero attached hydrogens (tertiary/aromatic N) is 1. The Hall–Kier alpha value is -1.56. The average Bonchev–Trinajstić information content (AvgIpc) is 2.41. The molecule has 0 unspecified atom stereocenters. The summed E-state index contributed by atoms with van der Waals surface area (Å²) in [7, 11) is 1.98. The van der Waals surface area contributed by atoms with Gasteiger partial charge in [-0.1, -0.05) is 0 Å². The van der Waals surface area contributed by atoms with Gasteiger partial charge in [-0.25, -0.2) is 0 Å². The van der Waals surface area contributed by atoms with Crippen molar-refractivity contribution in [3.63, 3.8) is 0 Å². The Morgan fingerprint density at radius 3 is 2.52 bits per heavy atom. The highest BCUT2D eigenvalue weighted by atomic mass is 19.4. The second-order valence-electron chi connectivity index (χ2n) is 5.90. The van der Waals surface area contributed by atoms with Crippen molar-refractivity contribution in [2.24, 2.45) is 0 Å². The van der Waals surface area contributed by atoms with Gasteiger partial charge in [-0.3, -0.25) is 4.79 Å². The molecule has 0 atom stereocenters. The lowest BCUT2D eigenvalue weighted by molar-refractivity contribution is -0.137. The van der Waals surface area contributed by atoms with E-state index in [1.54, 1.807) is 0 Å². The lowest BCUT2D eigenvalue weighted by Gasteiger charge is -2.43. The summed E-state index contributed by atoms with van der Waals surface area (Å²) >= 11 is 0. The van der Waals surface area contributed by atoms with Gasteiger partial charge in [0.1, 0.15) is 11.4 Å². The zero-order valence-electron chi connectivity index (χ0n) is 11.7. The molecular formula is C15H16F3NO2. The Balaban J connectivity index is 1.94. The third kappa shape index (κ3) is 2.64. The normalized spacial score (nSPS) is 22.0. The average molecular weight is 299 g/mol. The predicted molar refractivity (Wildman–Crippen MR) is 70.5 cm³/mol. The summed E-state index contributed by atoms with van der Waals surface area (Å²) in [6.45, 7) is 1.56. The van der Waals surface area contributed by atoms with Crippen LogP contribution in [-0.2, 0) is 6.18 Å². The number of Topliss-reactive ketones (excluding diaryl/α,β-unsaturated/α-hetero) is 1. The zero-order valence-corrected chi connectivity index (χ0v) is 11.7. The van der Waals surface area contributed by atoms with Crippen molar-refractivity contribution in [1.29, 1.82) is 0 Å². The SMILES string of the molecule is CN1CCC2(CC1)CC(=O)c1ccc(C(F)(F)F)cc1O2. The minimum Gasteiger partial charge on any atom is -0.486 e. The molecule has 2 aliphatic heterocycles. The molecule has 1 fully saturated rings. The number of fused-ring (bicyclic) bond motifs is 1. The van der Waals surface area contributed by atoms with Crippen LogP contribution < -0.4 is 4.74 Å². The summed E-state index contributed by atoms with van der Waals surface area (Å²) in [4.78, 5) is 14.4. The molecule has 0 bridgehead atoms. The summed E-state index contributed by atoms with van der Waals surface area (Å²) in [5.41, 5.74) is -1.16. The van der Waals surface area contributed by atoms with E-state index in [9.17, 15) is 18.0 Å². The van der Waals surface area contributed by atoms with Crippen LogP contribution in [0.25, 0.3) is 0 Å². The molecular weight excluding hydrogens is 283 g/mol. The smallest absolute Gasteiger partial charge is 0.416 e. The number of likely N-dealkylation sites (tertiary alicyclic amines) is 1. The molecule has 21 heavy (non-hydrogen) atoms. The molecule has 0 amide bonds. The van der Waals surface area contributed by atoms with Crippen LogP contribution in [0.5, 0.6) is 5.75 Å². The first kappa shape index (κ1) is 14.4. The summed E-state index contributed by atoms with van der Waals surface area (Å²) in [5.74, 6) is -0.0554. The first-order valence-electron chi connectivity index (χ1n) is 6.91. The topological polar surface area (TPSA) is 29.5 Å². The largest absolute Gasteiger partial charge is 0.486 e. The fourth-order valence-corrected chi connectivity index (χ4v) is 2.98. The highest BCUT2D eigenvalue weighted by molar-refractivity contribution is 6.00. The number of benzene rings is 1. The van der Waals surface area contributed by atoms with Crippen molar-refractivity contribution in [3.8, 4) is 5.75 Å². The van der Waals surface area contributed by atoms with Crippen molar-refractivity contribution >= 4 is 5.78 Å². The number of halogens is 3. The quantitative estimate of drug-likeness (QED) is 0.737. The van der Waals surface area contributed by atoms with Crippen LogP contribution in [0.15, 0.2) is 18.2 Å². The highest BCUT2D eigenvalue weighted by Crippen LogP contribution is 2.41. The van der Waals surface area contributed by atoms with Crippen LogP contribution in [0.3, 0.4) is 0 Å². The molecule has 0 radical (unpaired) electrons. The molecule has 1 spiro atoms. The number of alkyl halides is 3. The Bertz CT molecular complexity index is 575. The first-order chi connectivity index (χ1) is 9.79. The number of carbonyl (C=O) groups is 1. The fourth-order valence-electron chi connectivity index (χ4n) is 2.98. The van der Waals surface area contributed by atoms with E-state index in [0.717, 1.165) is 25.2 Å². The van der Waals surface area contributed by atoms with Crippen molar-refractivity contribution in [2.45, 2.75) is 31.0 Å². The standard InChI is InChI=1S/C15H16F3NO2/c1-19-6-4-14(5-7-19)9-12(20)11-3-2-10(15(16,17)18)8-13(11)21-14/h2-3,8H,4-7,9H2,1H3. The third-order valence-corrected chi connectivity index (χ3v) is 4.32. The molecule has 2 heterocycles. The molecule has 2 aliphatic rings. The van der Waals surface area contributed by atoms with Crippen molar-refractivity contribution in [3.05, 3.63) is 29.3 Å². The van der Waals surface area contributed by atoms with Gasteiger partial charge in [-0.05, 0) is 25.2 Å². The number of carbonyl (C=O) groups excluding carboxylic acids is 1. The van der Waals surface area contributed by atoms with E-state index < -0.39 is 17.3 Å². The molecule has 0 N–H and O–H groups in total. The van der Waals surface area contributed by atoms with Gasteiger partial charge in [0.05, 0.1) is 17.5 Å². The van der Waals surface area contributed by atoms with Crippen molar-refractivity contribution in [1.82, 2.24) is 4.90 Å². The number of rotatable bonds is 0. The van der Waals surface area contributed by atoms with Gasteiger partial charge in [-0.2, -0.15) is 13.2 Å². The molecule has 1 aromatic carbocycles. The van der Waals surface area contributed by atoms with Gasteiger partial charge in [0.2, 0.25) is 0 Å². The molecule has 0 aromatic heterocycles. The van der Waals surface area contributed by atoms with Gasteiger partial charge in [0.25, 0.3) is 0 Å². The highest BCUT2D eigenvalue weighted by Gasteiger charge is 2.43. The van der Waals surface area contributed by atoms with Crippen LogP contribution in [0.1, 0.15) is 35.2 Å². The van der Waals surface area contributed by atoms with Gasteiger partial charge in [-0.15, -0.1) is 0 Å². The Morgan fingerprint density at radius 1 is 1.24 bits per heavy atom. The van der Waals surface area contributed by atoms with E-state index >= 15 is 0 Å². The molecule has 3 nitrogen and oxygen atoms in total.